The van der Waals surface area contributed by atoms with Gasteiger partial charge < -0.3 is 32.4 Å². The molecule has 0 radical (unpaired) electrons. The Kier molecular flexibility index (Phi) is 2.90. The third kappa shape index (κ3) is 1.96. The predicted octanol–water partition coefficient (Wildman–Crippen LogP) is -1.81. The lowest BCUT2D eigenvalue weighted by Gasteiger charge is -2.21. The largest absolute Gasteiger partial charge is 0.394 e. The molecule has 104 valence electrons. The molecule has 0 bridgehead atoms. The van der Waals surface area contributed by atoms with E-state index >= 15 is 0 Å². The summed E-state index contributed by atoms with van der Waals surface area (Å²) in [6.45, 7) is -0.106. The monoisotopic (exact) mass is 267 g/mol. The van der Waals surface area contributed by atoms with Crippen molar-refractivity contribution in [2.75, 3.05) is 11.9 Å². The zero-order chi connectivity index (χ0) is 13.6. The van der Waals surface area contributed by atoms with E-state index in [1.807, 2.05) is 0 Å². The highest BCUT2D eigenvalue weighted by Crippen LogP contribution is 2.33. The van der Waals surface area contributed by atoms with Gasteiger partial charge in [0.05, 0.1) is 19.0 Å². The molecule has 0 saturated carbocycles. The third-order valence-corrected chi connectivity index (χ3v) is 3.40. The number of nitrogens with zero attached hydrogens (tertiary/aromatic N) is 3. The summed E-state index contributed by atoms with van der Waals surface area (Å²) in [5.41, 5.74) is 18.0. The van der Waals surface area contributed by atoms with Gasteiger partial charge in [0, 0.05) is 12.5 Å². The number of aliphatic hydroxyl groups is 1. The van der Waals surface area contributed by atoms with Crippen LogP contribution in [0.25, 0.3) is 0 Å². The number of imidazole rings is 1. The van der Waals surface area contributed by atoms with Gasteiger partial charge in [0.15, 0.2) is 5.96 Å². The van der Waals surface area contributed by atoms with Crippen LogP contribution in [0.15, 0.2) is 11.3 Å². The Morgan fingerprint density at radius 1 is 1.53 bits per heavy atom. The molecule has 9 heteroatoms. The summed E-state index contributed by atoms with van der Waals surface area (Å²) in [4.78, 5) is 8.21. The molecule has 3 rings (SSSR count). The van der Waals surface area contributed by atoms with E-state index in [2.05, 4.69) is 15.3 Å². The summed E-state index contributed by atoms with van der Waals surface area (Å²) in [6, 6.07) is -0.212. The fraction of sp³-hybridized carbons (Fsp3) is 0.600. The number of nitrogens with one attached hydrogen (secondary N) is 1. The summed E-state index contributed by atoms with van der Waals surface area (Å²) >= 11 is 0. The molecular formula is C10H17N7O2. The molecule has 1 aromatic heterocycles. The van der Waals surface area contributed by atoms with Gasteiger partial charge in [0.2, 0.25) is 0 Å². The van der Waals surface area contributed by atoms with Gasteiger partial charge in [-0.15, -0.1) is 0 Å². The number of fused-ring (bicyclic) bond motifs is 1. The number of anilines is 1. The minimum Gasteiger partial charge on any atom is -0.394 e. The average molecular weight is 267 g/mol. The van der Waals surface area contributed by atoms with Crippen LogP contribution in [0.1, 0.15) is 24.5 Å². The topological polar surface area (TPSA) is 150 Å². The van der Waals surface area contributed by atoms with Gasteiger partial charge in [-0.3, -0.25) is 4.57 Å². The Morgan fingerprint density at radius 3 is 3.00 bits per heavy atom. The molecule has 0 aromatic carbocycles. The van der Waals surface area contributed by atoms with Crippen molar-refractivity contribution in [3.8, 4) is 0 Å². The van der Waals surface area contributed by atoms with Crippen LogP contribution in [-0.4, -0.2) is 39.4 Å². The highest BCUT2D eigenvalue weighted by molar-refractivity contribution is 5.93. The number of aliphatic imine (C=N–C) groups is 1. The van der Waals surface area contributed by atoms with E-state index in [0.717, 1.165) is 0 Å². The van der Waals surface area contributed by atoms with Gasteiger partial charge in [0.25, 0.3) is 0 Å². The summed E-state index contributed by atoms with van der Waals surface area (Å²) < 4.78 is 7.47. The molecule has 2 aliphatic rings. The van der Waals surface area contributed by atoms with Crippen molar-refractivity contribution in [2.24, 2.45) is 22.2 Å². The SMILES string of the molecule is NC1=NC(N)c2ncn([C@H]3C[C@@H](N)[C@@H](CO)O3)c2N1. The first-order valence-electron chi connectivity index (χ1n) is 6.04. The number of rotatable bonds is 2. The van der Waals surface area contributed by atoms with E-state index in [1.165, 1.54) is 0 Å². The van der Waals surface area contributed by atoms with Crippen molar-refractivity contribution >= 4 is 11.8 Å². The quantitative estimate of drug-likeness (QED) is 0.423. The maximum atomic E-state index is 9.17. The molecule has 19 heavy (non-hydrogen) atoms. The minimum absolute atomic E-state index is 0.106. The van der Waals surface area contributed by atoms with E-state index in [0.29, 0.717) is 17.9 Å². The van der Waals surface area contributed by atoms with Crippen molar-refractivity contribution in [1.29, 1.82) is 0 Å². The molecule has 9 nitrogen and oxygen atoms in total. The molecular weight excluding hydrogens is 250 g/mol. The fourth-order valence-electron chi connectivity index (χ4n) is 2.40. The average Bonchev–Trinajstić information content (AvgIpc) is 2.92. The maximum absolute atomic E-state index is 9.17. The molecule has 2 aliphatic heterocycles. The van der Waals surface area contributed by atoms with Gasteiger partial charge in [-0.2, -0.15) is 0 Å². The van der Waals surface area contributed by atoms with E-state index in [-0.39, 0.29) is 30.9 Å². The van der Waals surface area contributed by atoms with E-state index in [4.69, 9.17) is 27.0 Å². The van der Waals surface area contributed by atoms with Crippen LogP contribution in [0.2, 0.25) is 0 Å². The lowest BCUT2D eigenvalue weighted by Crippen LogP contribution is -2.32. The number of aromatic nitrogens is 2. The van der Waals surface area contributed by atoms with Gasteiger partial charge in [0.1, 0.15) is 23.9 Å². The lowest BCUT2D eigenvalue weighted by molar-refractivity contribution is -0.0240. The van der Waals surface area contributed by atoms with Crippen LogP contribution in [0.5, 0.6) is 0 Å². The van der Waals surface area contributed by atoms with Crippen LogP contribution >= 0.6 is 0 Å². The second-order valence-corrected chi connectivity index (χ2v) is 4.68. The molecule has 4 atom stereocenters. The summed E-state index contributed by atoms with van der Waals surface area (Å²) in [6.07, 6.45) is 0.951. The highest BCUT2D eigenvalue weighted by atomic mass is 16.5. The summed E-state index contributed by atoms with van der Waals surface area (Å²) in [7, 11) is 0. The van der Waals surface area contributed by atoms with Crippen molar-refractivity contribution in [1.82, 2.24) is 9.55 Å². The second-order valence-electron chi connectivity index (χ2n) is 4.68. The number of aliphatic hydroxyl groups excluding tert-OH is 1. The molecule has 1 unspecified atom stereocenters. The first-order chi connectivity index (χ1) is 9.10. The van der Waals surface area contributed by atoms with Crippen LogP contribution in [0, 0.1) is 0 Å². The van der Waals surface area contributed by atoms with Crippen LogP contribution in [0.4, 0.5) is 5.82 Å². The number of hydrogen-bond acceptors (Lipinski definition) is 8. The number of ether oxygens (including phenoxy) is 1. The third-order valence-electron chi connectivity index (χ3n) is 3.40. The van der Waals surface area contributed by atoms with E-state index in [1.54, 1.807) is 10.9 Å². The first kappa shape index (κ1) is 12.4. The fourth-order valence-corrected chi connectivity index (χ4v) is 2.40. The second kappa shape index (κ2) is 4.46. The molecule has 3 heterocycles. The maximum Gasteiger partial charge on any atom is 0.196 e. The Bertz CT molecular complexity index is 514. The van der Waals surface area contributed by atoms with Crippen molar-refractivity contribution < 1.29 is 9.84 Å². The Morgan fingerprint density at radius 2 is 2.32 bits per heavy atom. The van der Waals surface area contributed by atoms with Gasteiger partial charge in [-0.25, -0.2) is 9.98 Å². The van der Waals surface area contributed by atoms with Crippen molar-refractivity contribution in [3.63, 3.8) is 0 Å². The van der Waals surface area contributed by atoms with Crippen LogP contribution in [-0.2, 0) is 4.74 Å². The molecule has 0 amide bonds. The molecule has 0 aliphatic carbocycles. The van der Waals surface area contributed by atoms with Crippen LogP contribution in [0.3, 0.4) is 0 Å². The lowest BCUT2D eigenvalue weighted by atomic mass is 10.1. The Labute approximate surface area is 109 Å². The zero-order valence-corrected chi connectivity index (χ0v) is 10.2. The minimum atomic E-state index is -0.582. The van der Waals surface area contributed by atoms with Gasteiger partial charge >= 0.3 is 0 Å². The normalized spacial score (nSPS) is 33.7. The van der Waals surface area contributed by atoms with Gasteiger partial charge in [-0.05, 0) is 0 Å². The van der Waals surface area contributed by atoms with Crippen molar-refractivity contribution in [3.05, 3.63) is 12.0 Å². The zero-order valence-electron chi connectivity index (χ0n) is 10.2. The smallest absolute Gasteiger partial charge is 0.196 e. The highest BCUT2D eigenvalue weighted by Gasteiger charge is 2.35. The molecule has 0 spiro atoms. The number of hydrogen-bond donors (Lipinski definition) is 5. The summed E-state index contributed by atoms with van der Waals surface area (Å²) in [5.74, 6) is 0.901. The number of nitrogens with two attached hydrogens (primary N) is 3. The molecule has 1 fully saturated rings. The Hall–Kier alpha value is -1.68. The predicted molar refractivity (Wildman–Crippen MR) is 68.0 cm³/mol. The van der Waals surface area contributed by atoms with Gasteiger partial charge in [-0.1, -0.05) is 0 Å². The van der Waals surface area contributed by atoms with E-state index in [9.17, 15) is 0 Å². The molecule has 8 N–H and O–H groups in total. The summed E-state index contributed by atoms with van der Waals surface area (Å²) in [5, 5.41) is 12.1. The van der Waals surface area contributed by atoms with E-state index < -0.39 is 6.17 Å². The number of guanidine groups is 1. The molecule has 1 aromatic rings. The Balaban J connectivity index is 1.89. The van der Waals surface area contributed by atoms with Crippen molar-refractivity contribution in [2.45, 2.75) is 31.0 Å². The van der Waals surface area contributed by atoms with Crippen LogP contribution < -0.4 is 22.5 Å². The first-order valence-corrected chi connectivity index (χ1v) is 6.04. The standard InChI is InChI=1S/C10H17N7O2/c11-4-1-6(19-5(4)2-18)17-3-14-7-8(12)15-10(13)16-9(7)17/h3-6,8,18H,1-2,11-12H2,(H3,13,15,16)/t4-,5-,6-,8?/m1/s1. The molecule has 1 saturated heterocycles.